The van der Waals surface area contributed by atoms with E-state index in [9.17, 15) is 4.79 Å². The highest BCUT2D eigenvalue weighted by molar-refractivity contribution is 7.08. The van der Waals surface area contributed by atoms with Crippen molar-refractivity contribution in [2.24, 2.45) is 0 Å². The van der Waals surface area contributed by atoms with E-state index < -0.39 is 0 Å². The van der Waals surface area contributed by atoms with Crippen molar-refractivity contribution in [3.63, 3.8) is 0 Å². The maximum absolute atomic E-state index is 11.7. The zero-order valence-electron chi connectivity index (χ0n) is 10.1. The predicted octanol–water partition coefficient (Wildman–Crippen LogP) is 1.44. The summed E-state index contributed by atoms with van der Waals surface area (Å²) in [4.78, 5) is 11.7. The van der Waals surface area contributed by atoms with Gasteiger partial charge in [-0.3, -0.25) is 4.79 Å². The Morgan fingerprint density at radius 3 is 2.71 bits per heavy atom. The summed E-state index contributed by atoms with van der Waals surface area (Å²) in [5.74, 6) is 0.00675. The van der Waals surface area contributed by atoms with Crippen LogP contribution in [0, 0.1) is 6.92 Å². The highest BCUT2D eigenvalue weighted by atomic mass is 35.5. The van der Waals surface area contributed by atoms with Gasteiger partial charge in [0, 0.05) is 32.1 Å². The van der Waals surface area contributed by atoms with Crippen LogP contribution in [0.5, 0.6) is 0 Å². The maximum atomic E-state index is 11.7. The lowest BCUT2D eigenvalue weighted by Crippen LogP contribution is -2.33. The fourth-order valence-electron chi connectivity index (χ4n) is 1.25. The molecule has 1 aromatic heterocycles. The lowest BCUT2D eigenvalue weighted by molar-refractivity contribution is 0.0953. The number of amides is 1. The third kappa shape index (κ3) is 6.02. The van der Waals surface area contributed by atoms with Crippen LogP contribution in [0.15, 0.2) is 10.8 Å². The Morgan fingerprint density at radius 1 is 1.35 bits per heavy atom. The standard InChI is InChI=1S/C11H18N2O2S.ClH/c1-9-7-16-8-10(9)11(14)13-4-3-12-5-6-15-2;/h7-8,12H,3-6H2,1-2H3,(H,13,14);1H. The first kappa shape index (κ1) is 16.4. The Labute approximate surface area is 112 Å². The second-order valence-electron chi connectivity index (χ2n) is 3.47. The third-order valence-electron chi connectivity index (χ3n) is 2.17. The van der Waals surface area contributed by atoms with Crippen molar-refractivity contribution in [3.05, 3.63) is 21.9 Å². The minimum Gasteiger partial charge on any atom is -0.383 e. The van der Waals surface area contributed by atoms with Gasteiger partial charge in [-0.1, -0.05) is 0 Å². The van der Waals surface area contributed by atoms with Gasteiger partial charge in [0.1, 0.15) is 0 Å². The van der Waals surface area contributed by atoms with Gasteiger partial charge >= 0.3 is 0 Å². The van der Waals surface area contributed by atoms with Crippen LogP contribution >= 0.6 is 23.7 Å². The van der Waals surface area contributed by atoms with Gasteiger partial charge in [0.2, 0.25) is 0 Å². The molecule has 4 nitrogen and oxygen atoms in total. The van der Waals surface area contributed by atoms with Crippen LogP contribution in [-0.4, -0.2) is 39.3 Å². The van der Waals surface area contributed by atoms with Crippen molar-refractivity contribution in [1.82, 2.24) is 10.6 Å². The summed E-state index contributed by atoms with van der Waals surface area (Å²) in [6, 6.07) is 0. The molecule has 0 bridgehead atoms. The van der Waals surface area contributed by atoms with Gasteiger partial charge in [-0.2, -0.15) is 11.3 Å². The van der Waals surface area contributed by atoms with Gasteiger partial charge in [0.05, 0.1) is 12.2 Å². The summed E-state index contributed by atoms with van der Waals surface area (Å²) in [5, 5.41) is 9.89. The molecular formula is C11H19ClN2O2S. The van der Waals surface area contributed by atoms with Crippen LogP contribution in [0.2, 0.25) is 0 Å². The van der Waals surface area contributed by atoms with Gasteiger partial charge in [0.15, 0.2) is 0 Å². The summed E-state index contributed by atoms with van der Waals surface area (Å²) in [5.41, 5.74) is 1.82. The van der Waals surface area contributed by atoms with Gasteiger partial charge in [0.25, 0.3) is 5.91 Å². The van der Waals surface area contributed by atoms with Crippen molar-refractivity contribution in [1.29, 1.82) is 0 Å². The molecule has 0 radical (unpaired) electrons. The van der Waals surface area contributed by atoms with E-state index in [2.05, 4.69) is 10.6 Å². The average Bonchev–Trinajstić information content (AvgIpc) is 2.69. The lowest BCUT2D eigenvalue weighted by atomic mass is 10.2. The van der Waals surface area contributed by atoms with Crippen LogP contribution in [0.25, 0.3) is 0 Å². The number of aryl methyl sites for hydroxylation is 1. The first-order valence-corrected chi connectivity index (χ1v) is 6.20. The van der Waals surface area contributed by atoms with E-state index in [1.54, 1.807) is 18.4 Å². The fraction of sp³-hybridized carbons (Fsp3) is 0.545. The van der Waals surface area contributed by atoms with E-state index in [1.807, 2.05) is 17.7 Å². The number of hydrogen-bond donors (Lipinski definition) is 2. The smallest absolute Gasteiger partial charge is 0.252 e. The molecule has 0 aliphatic heterocycles. The SMILES string of the molecule is COCCNCCNC(=O)c1cscc1C.Cl. The van der Waals surface area contributed by atoms with Gasteiger partial charge in [-0.25, -0.2) is 0 Å². The Bertz CT molecular complexity index is 331. The van der Waals surface area contributed by atoms with E-state index in [1.165, 1.54) is 0 Å². The Morgan fingerprint density at radius 2 is 2.12 bits per heavy atom. The van der Waals surface area contributed by atoms with Gasteiger partial charge in [-0.05, 0) is 17.9 Å². The molecule has 0 spiro atoms. The average molecular weight is 279 g/mol. The first-order valence-electron chi connectivity index (χ1n) is 5.26. The molecular weight excluding hydrogens is 260 g/mol. The number of methoxy groups -OCH3 is 1. The predicted molar refractivity (Wildman–Crippen MR) is 73.4 cm³/mol. The van der Waals surface area contributed by atoms with Crippen LogP contribution in [0.3, 0.4) is 0 Å². The van der Waals surface area contributed by atoms with Crippen molar-refractivity contribution in [2.45, 2.75) is 6.92 Å². The quantitative estimate of drug-likeness (QED) is 0.742. The second kappa shape index (κ2) is 9.41. The van der Waals surface area contributed by atoms with Crippen LogP contribution < -0.4 is 10.6 Å². The number of carbonyl (C=O) groups is 1. The number of halogens is 1. The normalized spacial score (nSPS) is 9.76. The fourth-order valence-corrected chi connectivity index (χ4v) is 2.08. The van der Waals surface area contributed by atoms with E-state index in [0.29, 0.717) is 13.2 Å². The van der Waals surface area contributed by atoms with Crippen molar-refractivity contribution in [3.8, 4) is 0 Å². The zero-order chi connectivity index (χ0) is 11.8. The summed E-state index contributed by atoms with van der Waals surface area (Å²) >= 11 is 1.55. The lowest BCUT2D eigenvalue weighted by Gasteiger charge is -2.06. The summed E-state index contributed by atoms with van der Waals surface area (Å²) in [7, 11) is 1.67. The minimum absolute atomic E-state index is 0. The summed E-state index contributed by atoms with van der Waals surface area (Å²) < 4.78 is 4.90. The largest absolute Gasteiger partial charge is 0.383 e. The highest BCUT2D eigenvalue weighted by Gasteiger charge is 2.08. The van der Waals surface area contributed by atoms with Crippen molar-refractivity contribution in [2.75, 3.05) is 33.4 Å². The van der Waals surface area contributed by atoms with E-state index in [0.717, 1.165) is 24.2 Å². The van der Waals surface area contributed by atoms with E-state index in [4.69, 9.17) is 4.74 Å². The molecule has 0 aromatic carbocycles. The molecule has 0 aliphatic rings. The summed E-state index contributed by atoms with van der Waals surface area (Å²) in [6.45, 7) is 4.85. The zero-order valence-corrected chi connectivity index (χ0v) is 11.7. The molecule has 6 heteroatoms. The molecule has 0 unspecified atom stereocenters. The van der Waals surface area contributed by atoms with Crippen molar-refractivity contribution < 1.29 is 9.53 Å². The Balaban J connectivity index is 0.00000256. The minimum atomic E-state index is 0. The number of hydrogen-bond acceptors (Lipinski definition) is 4. The third-order valence-corrected chi connectivity index (χ3v) is 3.03. The second-order valence-corrected chi connectivity index (χ2v) is 4.21. The number of ether oxygens (including phenoxy) is 1. The van der Waals surface area contributed by atoms with Crippen LogP contribution in [0.4, 0.5) is 0 Å². The molecule has 0 fully saturated rings. The Hall–Kier alpha value is -0.620. The monoisotopic (exact) mass is 278 g/mol. The van der Waals surface area contributed by atoms with Gasteiger partial charge in [-0.15, -0.1) is 12.4 Å². The topological polar surface area (TPSA) is 50.4 Å². The van der Waals surface area contributed by atoms with E-state index >= 15 is 0 Å². The molecule has 1 rings (SSSR count). The number of nitrogens with one attached hydrogen (secondary N) is 2. The summed E-state index contributed by atoms with van der Waals surface area (Å²) in [6.07, 6.45) is 0. The highest BCUT2D eigenvalue weighted by Crippen LogP contribution is 2.12. The van der Waals surface area contributed by atoms with E-state index in [-0.39, 0.29) is 18.3 Å². The van der Waals surface area contributed by atoms with Crippen LogP contribution in [-0.2, 0) is 4.74 Å². The molecule has 98 valence electrons. The van der Waals surface area contributed by atoms with Crippen molar-refractivity contribution >= 4 is 29.7 Å². The number of rotatable bonds is 7. The maximum Gasteiger partial charge on any atom is 0.252 e. The number of thiophene rings is 1. The first-order chi connectivity index (χ1) is 7.75. The molecule has 1 amide bonds. The van der Waals surface area contributed by atoms with Crippen LogP contribution in [0.1, 0.15) is 15.9 Å². The molecule has 17 heavy (non-hydrogen) atoms. The molecule has 0 saturated carbocycles. The van der Waals surface area contributed by atoms with Gasteiger partial charge < -0.3 is 15.4 Å². The molecule has 0 atom stereocenters. The molecule has 0 aliphatic carbocycles. The molecule has 2 N–H and O–H groups in total. The number of carbonyl (C=O) groups excluding carboxylic acids is 1. The molecule has 1 heterocycles. The Kier molecular flexibility index (Phi) is 9.07. The molecule has 0 saturated heterocycles. The molecule has 1 aromatic rings.